The van der Waals surface area contributed by atoms with Crippen LogP contribution in [0.2, 0.25) is 10.0 Å². The van der Waals surface area contributed by atoms with Gasteiger partial charge in [0.05, 0.1) is 17.3 Å². The lowest BCUT2D eigenvalue weighted by Crippen LogP contribution is -2.44. The summed E-state index contributed by atoms with van der Waals surface area (Å²) in [6, 6.07) is 26.0. The molecule has 4 aromatic carbocycles. The van der Waals surface area contributed by atoms with Crippen LogP contribution in [0.3, 0.4) is 0 Å². The second-order valence-electron chi connectivity index (χ2n) is 10.8. The monoisotopic (exact) mass is 629 g/mol. The van der Waals surface area contributed by atoms with Crippen LogP contribution < -0.4 is 10.6 Å². The summed E-state index contributed by atoms with van der Waals surface area (Å²) >= 11 is 12.4. The van der Waals surface area contributed by atoms with Crippen LogP contribution in [0.25, 0.3) is 11.1 Å². The molecule has 0 saturated carbocycles. The molecule has 2 amide bonds. The summed E-state index contributed by atoms with van der Waals surface area (Å²) in [5.41, 5.74) is 11.0. The number of anilines is 1. The van der Waals surface area contributed by atoms with Crippen molar-refractivity contribution in [3.63, 3.8) is 0 Å². The maximum Gasteiger partial charge on any atom is 0.303 e. The second-order valence-corrected chi connectivity index (χ2v) is 11.7. The van der Waals surface area contributed by atoms with E-state index in [0.717, 1.165) is 22.3 Å². The molecule has 0 bridgehead atoms. The van der Waals surface area contributed by atoms with Crippen LogP contribution in [0.1, 0.15) is 65.3 Å². The molecule has 3 N–H and O–H groups in total. The van der Waals surface area contributed by atoms with Gasteiger partial charge in [0.2, 0.25) is 0 Å². The molecule has 1 heterocycles. The number of fused-ring (bicyclic) bond motifs is 1. The van der Waals surface area contributed by atoms with Crippen molar-refractivity contribution < 1.29 is 19.5 Å². The Bertz CT molecular complexity index is 1670. The molecule has 0 spiro atoms. The Morgan fingerprint density at radius 1 is 0.886 bits per heavy atom. The number of carboxylic acids is 1. The molecule has 1 aliphatic rings. The van der Waals surface area contributed by atoms with Crippen molar-refractivity contribution in [1.82, 2.24) is 4.90 Å². The lowest BCUT2D eigenvalue weighted by Gasteiger charge is -2.36. The fourth-order valence-corrected chi connectivity index (χ4v) is 6.01. The van der Waals surface area contributed by atoms with Crippen LogP contribution in [0.4, 0.5) is 5.69 Å². The molecule has 0 aromatic heterocycles. The Labute approximate surface area is 266 Å². The largest absolute Gasteiger partial charge is 0.481 e. The zero-order valence-electron chi connectivity index (χ0n) is 24.3. The minimum Gasteiger partial charge on any atom is -0.481 e. The molecule has 226 valence electrons. The van der Waals surface area contributed by atoms with E-state index in [4.69, 9.17) is 28.9 Å². The normalized spacial score (nSPS) is 15.6. The van der Waals surface area contributed by atoms with Gasteiger partial charge in [0.25, 0.3) is 11.8 Å². The first-order valence-electron chi connectivity index (χ1n) is 14.5. The number of amides is 2. The van der Waals surface area contributed by atoms with Gasteiger partial charge in [-0.15, -0.1) is 0 Å². The highest BCUT2D eigenvalue weighted by Gasteiger charge is 2.43. The van der Waals surface area contributed by atoms with E-state index < -0.39 is 18.1 Å². The Hall–Kier alpha value is -4.17. The standard InChI is InChI=1S/C35H33Cl2N3O4/c1-22(23-9-14-27(36)15-10-23)40-33(24-11-16-28(37)17-12-24)35(44)39(19-5-4-8-32(41)42)31-18-13-25(20-30(31)34(40)43)29-7-3-2-6-26(29)21-38/h2-3,6-7,9-18,20,22,33H,4-5,8,19,21,38H2,1H3,(H,41,42)/t22-,33+/m1/s1. The minimum absolute atomic E-state index is 0.0109. The van der Waals surface area contributed by atoms with Crippen molar-refractivity contribution in [2.24, 2.45) is 5.73 Å². The predicted molar refractivity (Wildman–Crippen MR) is 174 cm³/mol. The van der Waals surface area contributed by atoms with Crippen LogP contribution in [0, 0.1) is 0 Å². The van der Waals surface area contributed by atoms with Crippen LogP contribution in [0.15, 0.2) is 91.0 Å². The van der Waals surface area contributed by atoms with Crippen LogP contribution in [-0.4, -0.2) is 34.3 Å². The molecule has 7 nitrogen and oxygen atoms in total. The molecular weight excluding hydrogens is 597 g/mol. The molecule has 4 aromatic rings. The van der Waals surface area contributed by atoms with Gasteiger partial charge in [-0.25, -0.2) is 0 Å². The van der Waals surface area contributed by atoms with E-state index in [1.54, 1.807) is 52.3 Å². The molecule has 2 atom stereocenters. The van der Waals surface area contributed by atoms with Gasteiger partial charge in [0.1, 0.15) is 6.04 Å². The molecule has 44 heavy (non-hydrogen) atoms. The SMILES string of the molecule is C[C@H](c1ccc(Cl)cc1)N1C(=O)c2cc(-c3ccccc3CN)ccc2N(CCCCC(=O)O)C(=O)[C@@H]1c1ccc(Cl)cc1. The molecule has 0 fully saturated rings. The van der Waals surface area contributed by atoms with Crippen LogP contribution in [-0.2, 0) is 16.1 Å². The number of aliphatic carboxylic acids is 1. The number of rotatable bonds is 10. The lowest BCUT2D eigenvalue weighted by molar-refractivity contribution is -0.137. The average molecular weight is 631 g/mol. The number of carboxylic acid groups (broad SMARTS) is 1. The van der Waals surface area contributed by atoms with Crippen molar-refractivity contribution >= 4 is 46.7 Å². The molecule has 0 saturated heterocycles. The molecule has 0 aliphatic carbocycles. The summed E-state index contributed by atoms with van der Waals surface area (Å²) in [5.74, 6) is -1.49. The summed E-state index contributed by atoms with van der Waals surface area (Å²) < 4.78 is 0. The van der Waals surface area contributed by atoms with Crippen LogP contribution in [0.5, 0.6) is 0 Å². The van der Waals surface area contributed by atoms with Crippen molar-refractivity contribution in [3.05, 3.63) is 123 Å². The highest BCUT2D eigenvalue weighted by molar-refractivity contribution is 6.30. The molecule has 5 rings (SSSR count). The third-order valence-corrected chi connectivity index (χ3v) is 8.56. The zero-order chi connectivity index (χ0) is 31.4. The van der Waals surface area contributed by atoms with Gasteiger partial charge in [-0.3, -0.25) is 14.4 Å². The topological polar surface area (TPSA) is 104 Å². The number of nitrogens with two attached hydrogens (primary N) is 1. The summed E-state index contributed by atoms with van der Waals surface area (Å²) in [4.78, 5) is 43.9. The van der Waals surface area contributed by atoms with Gasteiger partial charge in [-0.2, -0.15) is 0 Å². The van der Waals surface area contributed by atoms with E-state index in [2.05, 4.69) is 0 Å². The minimum atomic E-state index is -0.975. The Balaban J connectivity index is 1.70. The number of unbranched alkanes of at least 4 members (excludes halogenated alkanes) is 1. The van der Waals surface area contributed by atoms with E-state index in [-0.39, 0.29) is 24.8 Å². The summed E-state index contributed by atoms with van der Waals surface area (Å²) in [5, 5.41) is 10.3. The number of carbonyl (C=O) groups excluding carboxylic acids is 2. The number of benzene rings is 4. The fraction of sp³-hybridized carbons (Fsp3) is 0.229. The van der Waals surface area contributed by atoms with Crippen molar-refractivity contribution in [2.75, 3.05) is 11.4 Å². The van der Waals surface area contributed by atoms with E-state index in [1.165, 1.54) is 0 Å². The summed E-state index contributed by atoms with van der Waals surface area (Å²) in [6.45, 7) is 2.47. The van der Waals surface area contributed by atoms with E-state index in [0.29, 0.717) is 46.2 Å². The smallest absolute Gasteiger partial charge is 0.303 e. The van der Waals surface area contributed by atoms with Gasteiger partial charge in [0.15, 0.2) is 0 Å². The molecule has 0 radical (unpaired) electrons. The van der Waals surface area contributed by atoms with Gasteiger partial charge < -0.3 is 20.6 Å². The molecule has 1 aliphatic heterocycles. The summed E-state index contributed by atoms with van der Waals surface area (Å²) in [6.07, 6.45) is 0.827. The van der Waals surface area contributed by atoms with Gasteiger partial charge in [0, 0.05) is 29.6 Å². The third kappa shape index (κ3) is 6.50. The predicted octanol–water partition coefficient (Wildman–Crippen LogP) is 7.67. The van der Waals surface area contributed by atoms with Crippen LogP contribution >= 0.6 is 23.2 Å². The van der Waals surface area contributed by atoms with Gasteiger partial charge in [-0.05, 0) is 84.0 Å². The van der Waals surface area contributed by atoms with Crippen molar-refractivity contribution in [3.8, 4) is 11.1 Å². The van der Waals surface area contributed by atoms with Gasteiger partial charge in [-0.1, -0.05) is 77.8 Å². The first kappa shape index (κ1) is 31.3. The lowest BCUT2D eigenvalue weighted by atomic mass is 9.96. The molecule has 9 heteroatoms. The van der Waals surface area contributed by atoms with E-state index >= 15 is 0 Å². The Morgan fingerprint density at radius 2 is 1.55 bits per heavy atom. The Morgan fingerprint density at radius 3 is 2.20 bits per heavy atom. The molecular formula is C35H33Cl2N3O4. The highest BCUT2D eigenvalue weighted by atomic mass is 35.5. The summed E-state index contributed by atoms with van der Waals surface area (Å²) in [7, 11) is 0. The maximum atomic E-state index is 14.8. The maximum absolute atomic E-state index is 14.8. The quantitative estimate of drug-likeness (QED) is 0.175. The number of hydrogen-bond acceptors (Lipinski definition) is 4. The Kier molecular flexibility index (Phi) is 9.69. The number of carbonyl (C=O) groups is 3. The van der Waals surface area contributed by atoms with Crippen molar-refractivity contribution in [2.45, 2.75) is 44.8 Å². The van der Waals surface area contributed by atoms with Gasteiger partial charge >= 0.3 is 5.97 Å². The van der Waals surface area contributed by atoms with E-state index in [9.17, 15) is 19.5 Å². The number of hydrogen-bond donors (Lipinski definition) is 2. The van der Waals surface area contributed by atoms with E-state index in [1.807, 2.05) is 55.5 Å². The first-order valence-corrected chi connectivity index (χ1v) is 15.2. The van der Waals surface area contributed by atoms with Crippen molar-refractivity contribution in [1.29, 1.82) is 0 Å². The second kappa shape index (κ2) is 13.6. The number of nitrogens with zero attached hydrogens (tertiary/aromatic N) is 2. The zero-order valence-corrected chi connectivity index (χ0v) is 25.8. The molecule has 0 unspecified atom stereocenters. The third-order valence-electron chi connectivity index (χ3n) is 8.06. The number of halogens is 2. The highest BCUT2D eigenvalue weighted by Crippen LogP contribution is 2.41. The fourth-order valence-electron chi connectivity index (χ4n) is 5.76. The first-order chi connectivity index (χ1) is 21.2. The average Bonchev–Trinajstić information content (AvgIpc) is 3.11.